The minimum absolute atomic E-state index is 0.311. The van der Waals surface area contributed by atoms with E-state index < -0.39 is 17.7 Å². The van der Waals surface area contributed by atoms with Gasteiger partial charge in [-0.15, -0.1) is 0 Å². The van der Waals surface area contributed by atoms with Crippen LogP contribution in [0.25, 0.3) is 0 Å². The fraction of sp³-hybridized carbons (Fsp3) is 0.381. The molecule has 0 fully saturated rings. The molecule has 5 nitrogen and oxygen atoms in total. The van der Waals surface area contributed by atoms with Crippen molar-refractivity contribution in [2.24, 2.45) is 5.10 Å². The summed E-state index contributed by atoms with van der Waals surface area (Å²) in [6.45, 7) is 4.65. The molecule has 2 aromatic rings. The number of hydrogen-bond donors (Lipinski definition) is 0. The monoisotopic (exact) mass is 384 g/mol. The first kappa shape index (κ1) is 18.5. The smallest absolute Gasteiger partial charge is 0.269 e. The minimum Gasteiger partial charge on any atom is -0.269 e. The Morgan fingerprint density at radius 2 is 2.00 bits per heavy atom. The third-order valence-corrected chi connectivity index (χ3v) is 5.35. The van der Waals surface area contributed by atoms with E-state index in [-0.39, 0.29) is 5.91 Å². The van der Waals surface area contributed by atoms with Crippen LogP contribution in [-0.2, 0) is 24.2 Å². The molecule has 1 aliphatic carbocycles. The largest absolute Gasteiger partial charge is 0.269 e. The summed E-state index contributed by atoms with van der Waals surface area (Å²) < 4.78 is 29.1. The van der Waals surface area contributed by atoms with Gasteiger partial charge in [-0.2, -0.15) is 10.2 Å². The molecule has 0 saturated heterocycles. The molecule has 4 rings (SSSR count). The summed E-state index contributed by atoms with van der Waals surface area (Å²) >= 11 is 0. The number of aromatic nitrogens is 2. The standard InChI is InChI=1S/C21H22F2N4O/c1-14(4-3-9-26-19-6-2-5-15(19)13-25-26)21(28)27-20(7-8-24-27)16-10-17(22)12-18(23)11-16/h8,10-13,20H,1-7,9H2. The van der Waals surface area contributed by atoms with E-state index in [1.165, 1.54) is 34.8 Å². The summed E-state index contributed by atoms with van der Waals surface area (Å²) in [7, 11) is 0. The summed E-state index contributed by atoms with van der Waals surface area (Å²) in [5.41, 5.74) is 3.45. The van der Waals surface area contributed by atoms with Gasteiger partial charge in [0.1, 0.15) is 11.6 Å². The summed E-state index contributed by atoms with van der Waals surface area (Å²) in [5, 5.41) is 9.82. The molecular weight excluding hydrogens is 362 g/mol. The molecule has 0 radical (unpaired) electrons. The number of aryl methyl sites for hydroxylation is 2. The number of fused-ring (bicyclic) bond motifs is 1. The Morgan fingerprint density at radius 1 is 1.21 bits per heavy atom. The Hall–Kier alpha value is -2.83. The van der Waals surface area contributed by atoms with Crippen molar-refractivity contribution in [3.05, 3.63) is 65.0 Å². The van der Waals surface area contributed by atoms with Gasteiger partial charge < -0.3 is 0 Å². The molecule has 7 heteroatoms. The quantitative estimate of drug-likeness (QED) is 0.708. The first-order valence-electron chi connectivity index (χ1n) is 9.56. The van der Waals surface area contributed by atoms with Crippen LogP contribution < -0.4 is 0 Å². The lowest BCUT2D eigenvalue weighted by Crippen LogP contribution is -2.28. The van der Waals surface area contributed by atoms with E-state index in [1.54, 1.807) is 6.21 Å². The van der Waals surface area contributed by atoms with Gasteiger partial charge in [0.05, 0.1) is 12.2 Å². The Labute approximate surface area is 162 Å². The molecule has 28 heavy (non-hydrogen) atoms. The maximum Gasteiger partial charge on any atom is 0.269 e. The summed E-state index contributed by atoms with van der Waals surface area (Å²) in [4.78, 5) is 12.8. The summed E-state index contributed by atoms with van der Waals surface area (Å²) in [5.74, 6) is -1.64. The highest BCUT2D eigenvalue weighted by Gasteiger charge is 2.30. The zero-order valence-electron chi connectivity index (χ0n) is 15.6. The normalized spacial score (nSPS) is 17.9. The molecule has 0 bridgehead atoms. The van der Waals surface area contributed by atoms with Gasteiger partial charge in [0, 0.05) is 36.5 Å². The molecule has 1 aliphatic heterocycles. The highest BCUT2D eigenvalue weighted by Crippen LogP contribution is 2.31. The Balaban J connectivity index is 1.37. The summed E-state index contributed by atoms with van der Waals surface area (Å²) in [6, 6.07) is 2.79. The third kappa shape index (κ3) is 3.61. The molecule has 2 heterocycles. The van der Waals surface area contributed by atoms with Gasteiger partial charge in [-0.25, -0.2) is 13.8 Å². The van der Waals surface area contributed by atoms with Gasteiger partial charge in [0.2, 0.25) is 0 Å². The van der Waals surface area contributed by atoms with Gasteiger partial charge >= 0.3 is 0 Å². The van der Waals surface area contributed by atoms with Crippen molar-refractivity contribution in [3.8, 4) is 0 Å². The highest BCUT2D eigenvalue weighted by molar-refractivity contribution is 5.94. The second-order valence-electron chi connectivity index (χ2n) is 7.30. The number of hydrazone groups is 1. The molecule has 1 amide bonds. The number of carbonyl (C=O) groups excluding carboxylic acids is 1. The number of nitrogens with zero attached hydrogens (tertiary/aromatic N) is 4. The van der Waals surface area contributed by atoms with Crippen LogP contribution >= 0.6 is 0 Å². The predicted octanol–water partition coefficient (Wildman–Crippen LogP) is 3.95. The SMILES string of the molecule is C=C(CCCn1ncc2c1CCC2)C(=O)N1N=CCC1c1cc(F)cc(F)c1. The van der Waals surface area contributed by atoms with Crippen LogP contribution in [0.5, 0.6) is 0 Å². The van der Waals surface area contributed by atoms with E-state index in [4.69, 9.17) is 0 Å². The second kappa shape index (κ2) is 7.66. The van der Waals surface area contributed by atoms with Crippen LogP contribution in [0.1, 0.15) is 48.5 Å². The van der Waals surface area contributed by atoms with E-state index in [0.29, 0.717) is 24.0 Å². The predicted molar refractivity (Wildman–Crippen MR) is 102 cm³/mol. The first-order valence-corrected chi connectivity index (χ1v) is 9.56. The Morgan fingerprint density at radius 3 is 2.79 bits per heavy atom. The number of hydrogen-bond acceptors (Lipinski definition) is 3. The zero-order chi connectivity index (χ0) is 19.7. The van der Waals surface area contributed by atoms with Crippen LogP contribution in [0.3, 0.4) is 0 Å². The van der Waals surface area contributed by atoms with Gasteiger partial charge in [-0.1, -0.05) is 6.58 Å². The van der Waals surface area contributed by atoms with Crippen LogP contribution in [-0.4, -0.2) is 26.9 Å². The van der Waals surface area contributed by atoms with Crippen molar-refractivity contribution in [1.82, 2.24) is 14.8 Å². The number of halogens is 2. The molecule has 146 valence electrons. The molecule has 1 aromatic heterocycles. The fourth-order valence-electron chi connectivity index (χ4n) is 3.95. The molecule has 1 aromatic carbocycles. The van der Waals surface area contributed by atoms with E-state index in [0.717, 1.165) is 31.9 Å². The third-order valence-electron chi connectivity index (χ3n) is 5.35. The lowest BCUT2D eigenvalue weighted by molar-refractivity contribution is -0.129. The molecule has 0 saturated carbocycles. The number of carbonyl (C=O) groups is 1. The highest BCUT2D eigenvalue weighted by atomic mass is 19.1. The first-order chi connectivity index (χ1) is 13.5. The van der Waals surface area contributed by atoms with Crippen molar-refractivity contribution in [2.75, 3.05) is 0 Å². The van der Waals surface area contributed by atoms with Crippen molar-refractivity contribution >= 4 is 12.1 Å². The maximum absolute atomic E-state index is 13.6. The molecule has 0 spiro atoms. The summed E-state index contributed by atoms with van der Waals surface area (Å²) in [6.07, 6.45) is 8.53. The molecular formula is C21H22F2N4O. The molecule has 2 aliphatic rings. The molecule has 1 unspecified atom stereocenters. The lowest BCUT2D eigenvalue weighted by atomic mass is 10.0. The number of benzene rings is 1. The number of amides is 1. The minimum atomic E-state index is -0.667. The van der Waals surface area contributed by atoms with Gasteiger partial charge in [0.15, 0.2) is 0 Å². The molecule has 1 atom stereocenters. The number of rotatable bonds is 6. The Kier molecular flexibility index (Phi) is 5.07. The fourth-order valence-corrected chi connectivity index (χ4v) is 3.95. The maximum atomic E-state index is 13.6. The average Bonchev–Trinajstić information content (AvgIpc) is 3.38. The van der Waals surface area contributed by atoms with E-state index in [1.807, 2.05) is 10.9 Å². The van der Waals surface area contributed by atoms with Gasteiger partial charge in [-0.05, 0) is 55.4 Å². The van der Waals surface area contributed by atoms with E-state index >= 15 is 0 Å². The van der Waals surface area contributed by atoms with E-state index in [9.17, 15) is 13.6 Å². The van der Waals surface area contributed by atoms with Crippen molar-refractivity contribution in [3.63, 3.8) is 0 Å². The van der Waals surface area contributed by atoms with Crippen LogP contribution in [0.4, 0.5) is 8.78 Å². The van der Waals surface area contributed by atoms with Crippen LogP contribution in [0.15, 0.2) is 41.6 Å². The zero-order valence-corrected chi connectivity index (χ0v) is 15.6. The van der Waals surface area contributed by atoms with Crippen molar-refractivity contribution < 1.29 is 13.6 Å². The molecule has 0 N–H and O–H groups in total. The van der Waals surface area contributed by atoms with Crippen molar-refractivity contribution in [2.45, 2.75) is 51.1 Å². The van der Waals surface area contributed by atoms with E-state index in [2.05, 4.69) is 16.8 Å². The topological polar surface area (TPSA) is 50.5 Å². The van der Waals surface area contributed by atoms with Crippen LogP contribution in [0, 0.1) is 11.6 Å². The van der Waals surface area contributed by atoms with Crippen molar-refractivity contribution in [1.29, 1.82) is 0 Å². The second-order valence-corrected chi connectivity index (χ2v) is 7.30. The average molecular weight is 384 g/mol. The lowest BCUT2D eigenvalue weighted by Gasteiger charge is -2.23. The van der Waals surface area contributed by atoms with Gasteiger partial charge in [-0.3, -0.25) is 9.48 Å². The van der Waals surface area contributed by atoms with Gasteiger partial charge in [0.25, 0.3) is 5.91 Å². The van der Waals surface area contributed by atoms with Crippen LogP contribution in [0.2, 0.25) is 0 Å². The Bertz CT molecular complexity index is 930.